The van der Waals surface area contributed by atoms with Gasteiger partial charge in [-0.2, -0.15) is 0 Å². The summed E-state index contributed by atoms with van der Waals surface area (Å²) >= 11 is -1.64. The molecule has 0 bridgehead atoms. The summed E-state index contributed by atoms with van der Waals surface area (Å²) in [4.78, 5) is 0. The Hall–Kier alpha value is -0.300. The van der Waals surface area contributed by atoms with Crippen LogP contribution in [0.2, 0.25) is 0 Å². The van der Waals surface area contributed by atoms with Crippen LogP contribution in [-0.2, 0) is 21.0 Å². The predicted molar refractivity (Wildman–Crippen MR) is 60.0 cm³/mol. The SMILES string of the molecule is CC[CH]=[Hf]([C]1=CC=CC1)[C]1=CC=CC1. The van der Waals surface area contributed by atoms with Crippen molar-refractivity contribution in [3.8, 4) is 0 Å². The van der Waals surface area contributed by atoms with Crippen LogP contribution in [0.3, 0.4) is 0 Å². The molecule has 0 fully saturated rings. The van der Waals surface area contributed by atoms with E-state index in [1.165, 1.54) is 19.3 Å². The fourth-order valence-corrected chi connectivity index (χ4v) is 11.2. The van der Waals surface area contributed by atoms with Gasteiger partial charge in [-0.15, -0.1) is 0 Å². The Morgan fingerprint density at radius 2 is 1.71 bits per heavy atom. The molecule has 0 aliphatic heterocycles. The molecule has 2 aliphatic carbocycles. The van der Waals surface area contributed by atoms with Gasteiger partial charge in [0.1, 0.15) is 0 Å². The van der Waals surface area contributed by atoms with Gasteiger partial charge in [-0.05, 0) is 0 Å². The van der Waals surface area contributed by atoms with Crippen LogP contribution in [0, 0.1) is 0 Å². The zero-order valence-electron chi connectivity index (χ0n) is 8.66. The van der Waals surface area contributed by atoms with E-state index in [-0.39, 0.29) is 0 Å². The molecule has 0 N–H and O–H groups in total. The summed E-state index contributed by atoms with van der Waals surface area (Å²) in [6.45, 7) is 2.27. The Balaban J connectivity index is 2.21. The summed E-state index contributed by atoms with van der Waals surface area (Å²) in [7, 11) is 0. The van der Waals surface area contributed by atoms with Crippen LogP contribution in [0.15, 0.2) is 43.1 Å². The van der Waals surface area contributed by atoms with Crippen LogP contribution in [0.4, 0.5) is 0 Å². The van der Waals surface area contributed by atoms with Crippen molar-refractivity contribution in [3.63, 3.8) is 0 Å². The van der Waals surface area contributed by atoms with Crippen molar-refractivity contribution in [2.45, 2.75) is 26.2 Å². The number of hydrogen-bond donors (Lipinski definition) is 0. The van der Waals surface area contributed by atoms with Gasteiger partial charge < -0.3 is 0 Å². The summed E-state index contributed by atoms with van der Waals surface area (Å²) in [6.07, 6.45) is 17.5. The van der Waals surface area contributed by atoms with Crippen molar-refractivity contribution in [2.75, 3.05) is 0 Å². The normalized spacial score (nSPS) is 18.4. The summed E-state index contributed by atoms with van der Waals surface area (Å²) < 4.78 is 6.18. The van der Waals surface area contributed by atoms with E-state index < -0.39 is 21.0 Å². The molecule has 2 aliphatic rings. The van der Waals surface area contributed by atoms with Gasteiger partial charge in [0.15, 0.2) is 0 Å². The van der Waals surface area contributed by atoms with E-state index >= 15 is 0 Å². The van der Waals surface area contributed by atoms with E-state index in [0.29, 0.717) is 0 Å². The second-order valence-corrected chi connectivity index (χ2v) is 12.7. The summed E-state index contributed by atoms with van der Waals surface area (Å²) in [5.41, 5.74) is 0. The maximum absolute atomic E-state index is 2.64. The minimum atomic E-state index is -1.64. The Kier molecular flexibility index (Phi) is 3.63. The van der Waals surface area contributed by atoms with Gasteiger partial charge in [0.05, 0.1) is 0 Å². The molecular formula is C13H16Hf. The van der Waals surface area contributed by atoms with Crippen molar-refractivity contribution in [1.29, 1.82) is 0 Å². The quantitative estimate of drug-likeness (QED) is 0.683. The second-order valence-electron chi connectivity index (χ2n) is 3.67. The molecule has 0 spiro atoms. The molecule has 0 heterocycles. The van der Waals surface area contributed by atoms with Crippen LogP contribution in [-0.4, -0.2) is 3.76 Å². The Morgan fingerprint density at radius 3 is 2.07 bits per heavy atom. The van der Waals surface area contributed by atoms with Crippen LogP contribution >= 0.6 is 0 Å². The predicted octanol–water partition coefficient (Wildman–Crippen LogP) is 3.50. The fraction of sp³-hybridized carbons (Fsp3) is 0.308. The number of allylic oxidation sites excluding steroid dienone is 8. The van der Waals surface area contributed by atoms with Gasteiger partial charge in [0.25, 0.3) is 0 Å². The van der Waals surface area contributed by atoms with Gasteiger partial charge in [-0.3, -0.25) is 0 Å². The first-order valence-electron chi connectivity index (χ1n) is 5.34. The third-order valence-corrected chi connectivity index (χ3v) is 13.2. The van der Waals surface area contributed by atoms with Crippen LogP contribution < -0.4 is 0 Å². The molecule has 0 saturated carbocycles. The molecule has 1 heteroatoms. The van der Waals surface area contributed by atoms with E-state index in [4.69, 9.17) is 0 Å². The molecule has 0 unspecified atom stereocenters. The zero-order chi connectivity index (χ0) is 9.80. The minimum absolute atomic E-state index is 1.23. The van der Waals surface area contributed by atoms with Gasteiger partial charge in [0.2, 0.25) is 0 Å². The van der Waals surface area contributed by atoms with Gasteiger partial charge in [-0.25, -0.2) is 0 Å². The molecule has 0 aromatic carbocycles. The number of hydrogen-bond acceptors (Lipinski definition) is 0. The van der Waals surface area contributed by atoms with E-state index in [1.807, 2.05) is 0 Å². The van der Waals surface area contributed by atoms with Crippen molar-refractivity contribution in [1.82, 2.24) is 0 Å². The standard InChI is InChI=1S/2C5H5.C3H6.Hf/c2*1-2-4-5-3-1;1-3-2;/h2*1-3H,4H2;1H,3H2,2H3;. The summed E-state index contributed by atoms with van der Waals surface area (Å²) in [5, 5.41) is 0. The Labute approximate surface area is 93.7 Å². The Bertz CT molecular complexity index is 333. The van der Waals surface area contributed by atoms with E-state index in [2.05, 4.69) is 47.1 Å². The van der Waals surface area contributed by atoms with Gasteiger partial charge in [0, 0.05) is 0 Å². The van der Waals surface area contributed by atoms with Crippen molar-refractivity contribution >= 4 is 3.76 Å². The van der Waals surface area contributed by atoms with Crippen LogP contribution in [0.5, 0.6) is 0 Å². The van der Waals surface area contributed by atoms with E-state index in [0.717, 1.165) is 0 Å². The average Bonchev–Trinajstić information content (AvgIpc) is 2.87. The molecular weight excluding hydrogens is 335 g/mol. The summed E-state index contributed by atoms with van der Waals surface area (Å²) in [6, 6.07) is 0. The van der Waals surface area contributed by atoms with Gasteiger partial charge >= 0.3 is 94.0 Å². The van der Waals surface area contributed by atoms with E-state index in [1.54, 1.807) is 6.66 Å². The first-order chi connectivity index (χ1) is 6.92. The molecule has 0 atom stereocenters. The molecule has 2 rings (SSSR count). The molecule has 0 amide bonds. The van der Waals surface area contributed by atoms with Crippen molar-refractivity contribution < 1.29 is 21.0 Å². The molecule has 72 valence electrons. The van der Waals surface area contributed by atoms with Crippen molar-refractivity contribution in [3.05, 3.63) is 43.1 Å². The van der Waals surface area contributed by atoms with Crippen LogP contribution in [0.25, 0.3) is 0 Å². The third kappa shape index (κ3) is 2.20. The first kappa shape index (κ1) is 10.2. The summed E-state index contributed by atoms with van der Waals surface area (Å²) in [5.74, 6) is 0. The molecule has 0 aromatic rings. The molecule has 0 radical (unpaired) electrons. The molecule has 14 heavy (non-hydrogen) atoms. The molecule has 0 saturated heterocycles. The topological polar surface area (TPSA) is 0 Å². The third-order valence-electron chi connectivity index (χ3n) is 2.64. The fourth-order valence-electron chi connectivity index (χ4n) is 1.97. The zero-order valence-corrected chi connectivity index (χ0v) is 12.3. The number of rotatable bonds is 3. The average molecular weight is 351 g/mol. The Morgan fingerprint density at radius 1 is 1.14 bits per heavy atom. The van der Waals surface area contributed by atoms with Crippen molar-refractivity contribution in [2.24, 2.45) is 0 Å². The van der Waals surface area contributed by atoms with Crippen LogP contribution in [0.1, 0.15) is 26.2 Å². The molecule has 0 nitrogen and oxygen atoms in total. The monoisotopic (exact) mass is 352 g/mol. The second kappa shape index (κ2) is 4.97. The molecule has 0 aromatic heterocycles. The first-order valence-corrected chi connectivity index (χ1v) is 11.0. The maximum atomic E-state index is 2.64. The van der Waals surface area contributed by atoms with E-state index in [9.17, 15) is 0 Å². The van der Waals surface area contributed by atoms with Gasteiger partial charge in [-0.1, -0.05) is 0 Å².